The zero-order chi connectivity index (χ0) is 16.7. The Morgan fingerprint density at radius 3 is 2.92 bits per heavy atom. The average molecular weight is 342 g/mol. The normalized spacial score (nSPS) is 21.5. The van der Waals surface area contributed by atoms with Crippen LogP contribution in [0.15, 0.2) is 29.4 Å². The molecule has 1 fully saturated rings. The molecule has 24 heavy (non-hydrogen) atoms. The molecule has 0 N–H and O–H groups in total. The summed E-state index contributed by atoms with van der Waals surface area (Å²) in [5.74, 6) is -0.105. The standard InChI is InChI=1S/C17H18N4O2S/c1-20-15(22)9-8-12(19-20)17(23)21-10-4-6-13(21)16-18-11-5-2-3-7-14(11)24-16/h2-3,5,7,13H,4,6,8-10H2,1H3/t13-/m1/s1. The van der Waals surface area contributed by atoms with Gasteiger partial charge in [0.25, 0.3) is 5.91 Å². The summed E-state index contributed by atoms with van der Waals surface area (Å²) in [5.41, 5.74) is 1.46. The topological polar surface area (TPSA) is 65.9 Å². The highest BCUT2D eigenvalue weighted by Gasteiger charge is 2.35. The molecule has 0 spiro atoms. The van der Waals surface area contributed by atoms with Gasteiger partial charge in [0.05, 0.1) is 16.3 Å². The first kappa shape index (κ1) is 15.3. The van der Waals surface area contributed by atoms with Crippen molar-refractivity contribution in [2.45, 2.75) is 31.7 Å². The molecule has 2 aliphatic heterocycles. The van der Waals surface area contributed by atoms with Crippen LogP contribution in [0.1, 0.15) is 36.7 Å². The van der Waals surface area contributed by atoms with Gasteiger partial charge in [0, 0.05) is 26.4 Å². The molecule has 0 aliphatic carbocycles. The maximum absolute atomic E-state index is 12.9. The zero-order valence-corrected chi connectivity index (χ0v) is 14.3. The molecule has 2 amide bonds. The van der Waals surface area contributed by atoms with E-state index in [0.717, 1.165) is 34.6 Å². The minimum atomic E-state index is -0.0592. The fourth-order valence-electron chi connectivity index (χ4n) is 3.29. The molecule has 2 aliphatic rings. The summed E-state index contributed by atoms with van der Waals surface area (Å²) in [6.45, 7) is 0.718. The van der Waals surface area contributed by atoms with Crippen LogP contribution in [0.25, 0.3) is 10.2 Å². The van der Waals surface area contributed by atoms with Crippen molar-refractivity contribution >= 4 is 39.1 Å². The number of para-hydroxylation sites is 1. The molecule has 1 atom stereocenters. The predicted molar refractivity (Wildman–Crippen MR) is 92.7 cm³/mol. The lowest BCUT2D eigenvalue weighted by Crippen LogP contribution is -2.40. The zero-order valence-electron chi connectivity index (χ0n) is 13.4. The molecule has 0 unspecified atom stereocenters. The number of amides is 2. The van der Waals surface area contributed by atoms with E-state index in [2.05, 4.69) is 11.2 Å². The van der Waals surface area contributed by atoms with Crippen molar-refractivity contribution in [1.29, 1.82) is 0 Å². The van der Waals surface area contributed by atoms with Crippen LogP contribution in [-0.2, 0) is 9.59 Å². The van der Waals surface area contributed by atoms with Crippen LogP contribution >= 0.6 is 11.3 Å². The van der Waals surface area contributed by atoms with Crippen molar-refractivity contribution in [3.63, 3.8) is 0 Å². The van der Waals surface area contributed by atoms with E-state index in [4.69, 9.17) is 4.98 Å². The Bertz CT molecular complexity index is 811. The second-order valence-corrected chi connectivity index (χ2v) is 7.20. The third-order valence-corrected chi connectivity index (χ3v) is 5.70. The van der Waals surface area contributed by atoms with Gasteiger partial charge >= 0.3 is 0 Å². The fraction of sp³-hybridized carbons (Fsp3) is 0.412. The quantitative estimate of drug-likeness (QED) is 0.842. The Morgan fingerprint density at radius 1 is 1.29 bits per heavy atom. The van der Waals surface area contributed by atoms with Crippen molar-refractivity contribution in [3.05, 3.63) is 29.3 Å². The van der Waals surface area contributed by atoms with Crippen LogP contribution in [0.5, 0.6) is 0 Å². The van der Waals surface area contributed by atoms with E-state index >= 15 is 0 Å². The first-order valence-electron chi connectivity index (χ1n) is 8.14. The number of thiazole rings is 1. The number of rotatable bonds is 2. The molecule has 1 aromatic heterocycles. The lowest BCUT2D eigenvalue weighted by molar-refractivity contribution is -0.130. The molecule has 0 radical (unpaired) electrons. The smallest absolute Gasteiger partial charge is 0.270 e. The molecule has 3 heterocycles. The molecule has 0 bridgehead atoms. The largest absolute Gasteiger partial charge is 0.328 e. The van der Waals surface area contributed by atoms with Gasteiger partial charge in [0.15, 0.2) is 0 Å². The average Bonchev–Trinajstić information content (AvgIpc) is 3.22. The van der Waals surface area contributed by atoms with Gasteiger partial charge in [-0.1, -0.05) is 12.1 Å². The van der Waals surface area contributed by atoms with E-state index in [-0.39, 0.29) is 17.9 Å². The van der Waals surface area contributed by atoms with Crippen LogP contribution in [0, 0.1) is 0 Å². The summed E-state index contributed by atoms with van der Waals surface area (Å²) in [6, 6.07) is 8.06. The molecule has 4 rings (SSSR count). The van der Waals surface area contributed by atoms with Crippen LogP contribution in [0.4, 0.5) is 0 Å². The lowest BCUT2D eigenvalue weighted by Gasteiger charge is -2.26. The number of fused-ring (bicyclic) bond motifs is 1. The molecular weight excluding hydrogens is 324 g/mol. The second kappa shape index (κ2) is 5.98. The minimum absolute atomic E-state index is 0.0144. The highest BCUT2D eigenvalue weighted by molar-refractivity contribution is 7.18. The van der Waals surface area contributed by atoms with E-state index in [1.165, 1.54) is 5.01 Å². The van der Waals surface area contributed by atoms with E-state index < -0.39 is 0 Å². The first-order valence-corrected chi connectivity index (χ1v) is 8.95. The van der Waals surface area contributed by atoms with E-state index in [9.17, 15) is 9.59 Å². The Kier molecular flexibility index (Phi) is 3.80. The Morgan fingerprint density at radius 2 is 2.12 bits per heavy atom. The number of benzene rings is 1. The highest BCUT2D eigenvalue weighted by Crippen LogP contribution is 2.36. The van der Waals surface area contributed by atoms with Gasteiger partial charge in [-0.25, -0.2) is 9.99 Å². The predicted octanol–water partition coefficient (Wildman–Crippen LogP) is 2.57. The van der Waals surface area contributed by atoms with Gasteiger partial charge in [-0.05, 0) is 25.0 Å². The number of hydrogen-bond acceptors (Lipinski definition) is 5. The molecule has 1 aromatic carbocycles. The third-order valence-electron chi connectivity index (χ3n) is 4.56. The maximum Gasteiger partial charge on any atom is 0.270 e. The minimum Gasteiger partial charge on any atom is -0.328 e. The molecular formula is C17H18N4O2S. The van der Waals surface area contributed by atoms with Crippen molar-refractivity contribution in [3.8, 4) is 0 Å². The fourth-order valence-corrected chi connectivity index (χ4v) is 4.40. The van der Waals surface area contributed by atoms with E-state index in [1.807, 2.05) is 23.1 Å². The van der Waals surface area contributed by atoms with Gasteiger partial charge in [0.2, 0.25) is 5.91 Å². The summed E-state index contributed by atoms with van der Waals surface area (Å²) < 4.78 is 1.15. The number of nitrogens with zero attached hydrogens (tertiary/aromatic N) is 4. The van der Waals surface area contributed by atoms with Crippen LogP contribution in [0.3, 0.4) is 0 Å². The number of carbonyl (C=O) groups is 2. The summed E-state index contributed by atoms with van der Waals surface area (Å²) in [6.07, 6.45) is 2.66. The highest BCUT2D eigenvalue weighted by atomic mass is 32.1. The Labute approximate surface area is 143 Å². The lowest BCUT2D eigenvalue weighted by atomic mass is 10.1. The van der Waals surface area contributed by atoms with Crippen molar-refractivity contribution < 1.29 is 9.59 Å². The number of likely N-dealkylation sites (tertiary alicyclic amines) is 1. The van der Waals surface area contributed by atoms with E-state index in [1.54, 1.807) is 18.4 Å². The van der Waals surface area contributed by atoms with E-state index in [0.29, 0.717) is 18.6 Å². The number of carbonyl (C=O) groups excluding carboxylic acids is 2. The maximum atomic E-state index is 12.9. The van der Waals surface area contributed by atoms with Gasteiger partial charge in [-0.3, -0.25) is 9.59 Å². The molecule has 0 saturated carbocycles. The monoisotopic (exact) mass is 342 g/mol. The Balaban J connectivity index is 1.61. The summed E-state index contributed by atoms with van der Waals surface area (Å²) in [5, 5.41) is 6.44. The van der Waals surface area contributed by atoms with Crippen LogP contribution in [0.2, 0.25) is 0 Å². The van der Waals surface area contributed by atoms with Crippen molar-refractivity contribution in [2.75, 3.05) is 13.6 Å². The summed E-state index contributed by atoms with van der Waals surface area (Å²) >= 11 is 1.65. The first-order chi connectivity index (χ1) is 11.6. The van der Waals surface area contributed by atoms with Crippen LogP contribution in [-0.4, -0.2) is 46.0 Å². The van der Waals surface area contributed by atoms with Gasteiger partial charge in [-0.15, -0.1) is 11.3 Å². The van der Waals surface area contributed by atoms with Gasteiger partial charge in [-0.2, -0.15) is 5.10 Å². The van der Waals surface area contributed by atoms with Crippen molar-refractivity contribution in [2.24, 2.45) is 5.10 Å². The molecule has 6 nitrogen and oxygen atoms in total. The molecule has 1 saturated heterocycles. The molecule has 124 valence electrons. The number of aromatic nitrogens is 1. The van der Waals surface area contributed by atoms with Gasteiger partial charge < -0.3 is 4.90 Å². The van der Waals surface area contributed by atoms with Crippen molar-refractivity contribution in [1.82, 2.24) is 14.9 Å². The molecule has 2 aromatic rings. The SMILES string of the molecule is CN1N=C(C(=O)N2CCC[C@@H]2c2nc3ccccc3s2)CCC1=O. The van der Waals surface area contributed by atoms with Crippen LogP contribution < -0.4 is 0 Å². The second-order valence-electron chi connectivity index (χ2n) is 6.14. The number of hydrazone groups is 1. The van der Waals surface area contributed by atoms with Gasteiger partial charge in [0.1, 0.15) is 10.7 Å². The number of hydrogen-bond donors (Lipinski definition) is 0. The summed E-state index contributed by atoms with van der Waals surface area (Å²) in [7, 11) is 1.60. The third kappa shape index (κ3) is 2.58. The molecule has 7 heteroatoms. The Hall–Kier alpha value is -2.28. The summed E-state index contributed by atoms with van der Waals surface area (Å²) in [4.78, 5) is 31.0.